The van der Waals surface area contributed by atoms with Crippen LogP contribution in [0, 0.1) is 10.1 Å². The summed E-state index contributed by atoms with van der Waals surface area (Å²) in [6.07, 6.45) is -4.91. The first kappa shape index (κ1) is 22.9. The van der Waals surface area contributed by atoms with Gasteiger partial charge in [-0.2, -0.15) is 4.31 Å². The summed E-state index contributed by atoms with van der Waals surface area (Å²) in [5.74, 6) is -0.609. The monoisotopic (exact) mass is 453 g/mol. The van der Waals surface area contributed by atoms with Crippen molar-refractivity contribution in [2.75, 3.05) is 13.6 Å². The second kappa shape index (κ2) is 8.53. The lowest BCUT2D eigenvalue weighted by Gasteiger charge is -2.22. The molecule has 0 saturated carbocycles. The molecular weight excluding hydrogens is 439 g/mol. The number of alkyl halides is 3. The van der Waals surface area contributed by atoms with Gasteiger partial charge in [0, 0.05) is 31.8 Å². The zero-order valence-electron chi connectivity index (χ0n) is 14.8. The predicted octanol–water partition coefficient (Wildman–Crippen LogP) is 3.47. The van der Waals surface area contributed by atoms with Crippen LogP contribution in [0.25, 0.3) is 0 Å². The zero-order valence-corrected chi connectivity index (χ0v) is 16.3. The lowest BCUT2D eigenvalue weighted by molar-refractivity contribution is -0.384. The number of ether oxygens (including phenoxy) is 1. The van der Waals surface area contributed by atoms with Gasteiger partial charge in [-0.1, -0.05) is 17.7 Å². The summed E-state index contributed by atoms with van der Waals surface area (Å²) < 4.78 is 66.8. The molecule has 2 aromatic carbocycles. The molecular formula is C16H15ClF3N3O5S. The average molecular weight is 454 g/mol. The molecule has 8 nitrogen and oxygen atoms in total. The first-order valence-corrected chi connectivity index (χ1v) is 9.64. The maximum Gasteiger partial charge on any atom is 0.573 e. The van der Waals surface area contributed by atoms with Gasteiger partial charge >= 0.3 is 6.36 Å². The second-order valence-electron chi connectivity index (χ2n) is 5.88. The molecule has 0 spiro atoms. The Kier molecular flexibility index (Phi) is 6.73. The third-order valence-electron chi connectivity index (χ3n) is 3.82. The third kappa shape index (κ3) is 5.79. The van der Waals surface area contributed by atoms with Gasteiger partial charge in [-0.3, -0.25) is 10.1 Å². The number of nitrogens with zero attached hydrogens (tertiary/aromatic N) is 2. The van der Waals surface area contributed by atoms with E-state index < -0.39 is 33.1 Å². The van der Waals surface area contributed by atoms with Crippen LogP contribution >= 0.6 is 11.6 Å². The van der Waals surface area contributed by atoms with Crippen molar-refractivity contribution >= 4 is 27.3 Å². The van der Waals surface area contributed by atoms with Crippen molar-refractivity contribution in [1.29, 1.82) is 0 Å². The predicted molar refractivity (Wildman–Crippen MR) is 98.0 cm³/mol. The lowest BCUT2D eigenvalue weighted by Crippen LogP contribution is -2.34. The highest BCUT2D eigenvalue weighted by Gasteiger charge is 2.32. The minimum atomic E-state index is -4.91. The van der Waals surface area contributed by atoms with E-state index in [0.29, 0.717) is 0 Å². The summed E-state index contributed by atoms with van der Waals surface area (Å²) >= 11 is 5.77. The SMILES string of the molecule is CN(C[C@@H](N)c1ccc(OC(F)(F)F)c(Cl)c1)S(=O)(=O)c1ccc([N+](=O)[O-])cc1. The number of rotatable bonds is 7. The molecule has 29 heavy (non-hydrogen) atoms. The van der Waals surface area contributed by atoms with Crippen LogP contribution in [0.3, 0.4) is 0 Å². The van der Waals surface area contributed by atoms with Crippen molar-refractivity contribution < 1.29 is 31.2 Å². The van der Waals surface area contributed by atoms with E-state index in [1.54, 1.807) is 0 Å². The van der Waals surface area contributed by atoms with Crippen molar-refractivity contribution in [2.24, 2.45) is 5.73 Å². The number of nitro groups is 1. The lowest BCUT2D eigenvalue weighted by atomic mass is 10.1. The second-order valence-corrected chi connectivity index (χ2v) is 8.33. The van der Waals surface area contributed by atoms with Crippen molar-refractivity contribution in [3.63, 3.8) is 0 Å². The Bertz CT molecular complexity index is 1000. The molecule has 0 aliphatic carbocycles. The fourth-order valence-corrected chi connectivity index (χ4v) is 3.78. The van der Waals surface area contributed by atoms with Crippen LogP contribution in [0.15, 0.2) is 47.4 Å². The summed E-state index contributed by atoms with van der Waals surface area (Å²) in [6, 6.07) is 6.76. The number of hydrogen-bond acceptors (Lipinski definition) is 6. The highest BCUT2D eigenvalue weighted by molar-refractivity contribution is 7.89. The molecule has 1 atom stereocenters. The fourth-order valence-electron chi connectivity index (χ4n) is 2.36. The maximum absolute atomic E-state index is 12.6. The van der Waals surface area contributed by atoms with Gasteiger partial charge in [-0.05, 0) is 29.8 Å². The average Bonchev–Trinajstić information content (AvgIpc) is 2.62. The number of likely N-dealkylation sites (N-methyl/N-ethyl adjacent to an activating group) is 1. The Hall–Kier alpha value is -2.41. The molecule has 0 unspecified atom stereocenters. The van der Waals surface area contributed by atoms with E-state index in [9.17, 15) is 31.7 Å². The molecule has 0 aliphatic heterocycles. The van der Waals surface area contributed by atoms with E-state index >= 15 is 0 Å². The van der Waals surface area contributed by atoms with Crippen molar-refractivity contribution in [3.05, 3.63) is 63.2 Å². The summed E-state index contributed by atoms with van der Waals surface area (Å²) in [6.45, 7) is -0.227. The Morgan fingerprint density at radius 3 is 2.31 bits per heavy atom. The van der Waals surface area contributed by atoms with Crippen molar-refractivity contribution in [3.8, 4) is 5.75 Å². The molecule has 0 fully saturated rings. The van der Waals surface area contributed by atoms with Crippen LogP contribution in [0.4, 0.5) is 18.9 Å². The van der Waals surface area contributed by atoms with Gasteiger partial charge in [0.2, 0.25) is 10.0 Å². The minimum absolute atomic E-state index is 0.176. The van der Waals surface area contributed by atoms with Crippen LogP contribution in [-0.2, 0) is 10.0 Å². The third-order valence-corrected chi connectivity index (χ3v) is 5.95. The first-order valence-electron chi connectivity index (χ1n) is 7.83. The molecule has 2 aromatic rings. The maximum atomic E-state index is 12.6. The molecule has 0 amide bonds. The van der Waals surface area contributed by atoms with E-state index in [4.69, 9.17) is 17.3 Å². The molecule has 0 heterocycles. The van der Waals surface area contributed by atoms with Gasteiger partial charge in [0.05, 0.1) is 14.8 Å². The first-order chi connectivity index (χ1) is 13.3. The summed E-state index contributed by atoms with van der Waals surface area (Å²) in [7, 11) is -2.75. The van der Waals surface area contributed by atoms with Crippen LogP contribution in [0.1, 0.15) is 11.6 Å². The fraction of sp³-hybridized carbons (Fsp3) is 0.250. The standard InChI is InChI=1S/C16H15ClF3N3O5S/c1-22(29(26,27)12-5-3-11(4-6-12)23(24)25)9-14(21)10-2-7-15(13(17)8-10)28-16(18,19)20/h2-8,14H,9,21H2,1H3/t14-/m1/s1. The van der Waals surface area contributed by atoms with Gasteiger partial charge in [0.1, 0.15) is 5.75 Å². The Morgan fingerprint density at radius 2 is 1.83 bits per heavy atom. The number of nitro benzene ring substituents is 1. The van der Waals surface area contributed by atoms with Crippen LogP contribution < -0.4 is 10.5 Å². The molecule has 0 radical (unpaired) electrons. The van der Waals surface area contributed by atoms with E-state index in [0.717, 1.165) is 40.7 Å². The summed E-state index contributed by atoms with van der Waals surface area (Å²) in [5.41, 5.74) is 5.99. The largest absolute Gasteiger partial charge is 0.573 e. The van der Waals surface area contributed by atoms with Crippen LogP contribution in [0.2, 0.25) is 5.02 Å². The topological polar surface area (TPSA) is 116 Å². The summed E-state index contributed by atoms with van der Waals surface area (Å²) in [4.78, 5) is 9.84. The Labute approximate surface area is 168 Å². The van der Waals surface area contributed by atoms with E-state index in [-0.39, 0.29) is 27.7 Å². The molecule has 0 saturated heterocycles. The van der Waals surface area contributed by atoms with Gasteiger partial charge in [0.15, 0.2) is 0 Å². The smallest absolute Gasteiger partial charge is 0.404 e. The molecule has 0 bridgehead atoms. The number of sulfonamides is 1. The Morgan fingerprint density at radius 1 is 1.24 bits per heavy atom. The number of halogens is 4. The quantitative estimate of drug-likeness (QED) is 0.507. The molecule has 0 aromatic heterocycles. The molecule has 158 valence electrons. The Balaban J connectivity index is 2.15. The molecule has 2 rings (SSSR count). The van der Waals surface area contributed by atoms with E-state index in [1.165, 1.54) is 13.1 Å². The number of non-ortho nitro benzene ring substituents is 1. The summed E-state index contributed by atoms with van der Waals surface area (Å²) in [5, 5.41) is 10.3. The highest BCUT2D eigenvalue weighted by Crippen LogP contribution is 2.32. The van der Waals surface area contributed by atoms with Gasteiger partial charge in [-0.25, -0.2) is 8.42 Å². The number of hydrogen-bond donors (Lipinski definition) is 1. The van der Waals surface area contributed by atoms with Crippen LogP contribution in [0.5, 0.6) is 5.75 Å². The molecule has 13 heteroatoms. The zero-order chi connectivity index (χ0) is 22.0. The number of nitrogens with two attached hydrogens (primary N) is 1. The van der Waals surface area contributed by atoms with Gasteiger partial charge in [-0.15, -0.1) is 13.2 Å². The van der Waals surface area contributed by atoms with Gasteiger partial charge in [0.25, 0.3) is 5.69 Å². The van der Waals surface area contributed by atoms with E-state index in [1.807, 2.05) is 0 Å². The minimum Gasteiger partial charge on any atom is -0.404 e. The molecule has 0 aliphatic rings. The molecule has 2 N–H and O–H groups in total. The highest BCUT2D eigenvalue weighted by atomic mass is 35.5. The van der Waals surface area contributed by atoms with Crippen molar-refractivity contribution in [1.82, 2.24) is 4.31 Å². The normalized spacial score (nSPS) is 13.3. The van der Waals surface area contributed by atoms with Crippen LogP contribution in [-0.4, -0.2) is 37.6 Å². The van der Waals surface area contributed by atoms with Crippen molar-refractivity contribution in [2.45, 2.75) is 17.3 Å². The van der Waals surface area contributed by atoms with E-state index in [2.05, 4.69) is 4.74 Å². The number of benzene rings is 2. The van der Waals surface area contributed by atoms with Gasteiger partial charge < -0.3 is 10.5 Å².